The van der Waals surface area contributed by atoms with Crippen LogP contribution < -0.4 is 15.4 Å². The van der Waals surface area contributed by atoms with Crippen LogP contribution in [0.3, 0.4) is 0 Å². The molecule has 182 valence electrons. The molecule has 1 aliphatic rings. The lowest BCUT2D eigenvalue weighted by atomic mass is 10.1. The van der Waals surface area contributed by atoms with Gasteiger partial charge in [0.1, 0.15) is 16.8 Å². The lowest BCUT2D eigenvalue weighted by Gasteiger charge is -2.39. The maximum Gasteiger partial charge on any atom is 0.261 e. The number of nitrogens with two attached hydrogens (primary N) is 1. The van der Waals surface area contributed by atoms with Crippen LogP contribution in [-0.2, 0) is 20.0 Å². The molecule has 0 amide bonds. The van der Waals surface area contributed by atoms with E-state index in [2.05, 4.69) is 21.5 Å². The average Bonchev–Trinajstić information content (AvgIpc) is 2.85. The van der Waals surface area contributed by atoms with E-state index in [0.717, 1.165) is 5.69 Å². The number of nitrogens with one attached hydrogen (secondary N) is 1. The highest BCUT2D eigenvalue weighted by atomic mass is 32.2. The van der Waals surface area contributed by atoms with Gasteiger partial charge in [-0.15, -0.1) is 5.92 Å². The monoisotopic (exact) mass is 511 g/mol. The maximum absolute atomic E-state index is 13.1. The van der Waals surface area contributed by atoms with E-state index in [9.17, 15) is 16.8 Å². The number of sulfonamides is 2. The number of benzene rings is 2. The highest BCUT2D eigenvalue weighted by Crippen LogP contribution is 2.26. The van der Waals surface area contributed by atoms with E-state index in [1.165, 1.54) is 34.8 Å². The summed E-state index contributed by atoms with van der Waals surface area (Å²) in [5.41, 5.74) is 6.81. The van der Waals surface area contributed by atoms with Gasteiger partial charge in [0.2, 0.25) is 10.0 Å². The zero-order valence-electron chi connectivity index (χ0n) is 19.0. The molecule has 9 nitrogen and oxygen atoms in total. The Hall–Kier alpha value is -3.59. The molecule has 11 heteroatoms. The summed E-state index contributed by atoms with van der Waals surface area (Å²) in [6.45, 7) is 2.48. The molecular weight excluding hydrogens is 486 g/mol. The number of pyridine rings is 1. The first kappa shape index (κ1) is 24.5. The molecule has 3 N–H and O–H groups in total. The molecule has 2 aromatic carbocycles. The molecule has 0 unspecified atom stereocenters. The van der Waals surface area contributed by atoms with Crippen molar-refractivity contribution in [1.82, 2.24) is 9.29 Å². The smallest absolute Gasteiger partial charge is 0.261 e. The van der Waals surface area contributed by atoms with Gasteiger partial charge >= 0.3 is 0 Å². The first-order valence-electron chi connectivity index (χ1n) is 10.8. The molecule has 1 saturated heterocycles. The second-order valence-electron chi connectivity index (χ2n) is 7.85. The van der Waals surface area contributed by atoms with Crippen LogP contribution in [-0.4, -0.2) is 51.8 Å². The first-order valence-corrected chi connectivity index (χ1v) is 13.7. The van der Waals surface area contributed by atoms with E-state index < -0.39 is 26.1 Å². The molecule has 1 atom stereocenters. The van der Waals surface area contributed by atoms with Gasteiger partial charge in [-0.05, 0) is 55.5 Å². The van der Waals surface area contributed by atoms with Crippen LogP contribution >= 0.6 is 0 Å². The molecule has 1 fully saturated rings. The Labute approximate surface area is 205 Å². The van der Waals surface area contributed by atoms with Crippen LogP contribution in [0.1, 0.15) is 6.92 Å². The number of para-hydroxylation sites is 1. The Morgan fingerprint density at radius 2 is 1.63 bits per heavy atom. The van der Waals surface area contributed by atoms with Crippen LogP contribution in [0.5, 0.6) is 0 Å². The van der Waals surface area contributed by atoms with Gasteiger partial charge in [0, 0.05) is 37.2 Å². The molecule has 1 aliphatic heterocycles. The van der Waals surface area contributed by atoms with E-state index >= 15 is 0 Å². The second kappa shape index (κ2) is 9.95. The highest BCUT2D eigenvalue weighted by molar-refractivity contribution is 7.92. The third-order valence-electron chi connectivity index (χ3n) is 5.56. The van der Waals surface area contributed by atoms with Gasteiger partial charge < -0.3 is 10.6 Å². The molecule has 1 aromatic heterocycles. The van der Waals surface area contributed by atoms with Gasteiger partial charge in [-0.3, -0.25) is 4.72 Å². The fraction of sp³-hybridized carbons (Fsp3) is 0.208. The van der Waals surface area contributed by atoms with Crippen LogP contribution in [0, 0.1) is 11.8 Å². The van der Waals surface area contributed by atoms with Crippen molar-refractivity contribution in [3.05, 3.63) is 72.9 Å². The van der Waals surface area contributed by atoms with E-state index in [1.807, 2.05) is 4.90 Å². The summed E-state index contributed by atoms with van der Waals surface area (Å²) in [6.07, 6.45) is 1.25. The molecule has 2 heterocycles. The third-order valence-corrected chi connectivity index (χ3v) is 8.80. The molecule has 3 aromatic rings. The molecule has 4 rings (SSSR count). The van der Waals surface area contributed by atoms with Crippen molar-refractivity contribution in [1.29, 1.82) is 0 Å². The van der Waals surface area contributed by atoms with Gasteiger partial charge in [0.05, 0.1) is 4.90 Å². The molecule has 0 radical (unpaired) electrons. The largest absolute Gasteiger partial charge is 0.384 e. The van der Waals surface area contributed by atoms with Gasteiger partial charge in [-0.1, -0.05) is 24.1 Å². The lowest BCUT2D eigenvalue weighted by molar-refractivity contribution is 0.360. The van der Waals surface area contributed by atoms with E-state index in [0.29, 0.717) is 12.2 Å². The van der Waals surface area contributed by atoms with Crippen molar-refractivity contribution < 1.29 is 16.8 Å². The van der Waals surface area contributed by atoms with E-state index in [1.54, 1.807) is 49.4 Å². The standard InChI is InChI=1S/C24H25N5O4S2/c1-2-6-21-18-28(35(32,33)23-13-14-24(25)26-17-23)15-16-29(21)20-9-11-22(12-10-20)34(30,31)27-19-7-4-3-5-8-19/h3-5,7-14,17,21,27H,15-16,18H2,1H3,(H2,25,26)/t21-/m0/s1. The number of hydrogen-bond acceptors (Lipinski definition) is 7. The summed E-state index contributed by atoms with van der Waals surface area (Å²) in [6, 6.07) is 17.6. The number of aromatic nitrogens is 1. The normalized spacial score (nSPS) is 16.8. The van der Waals surface area contributed by atoms with Crippen LogP contribution in [0.4, 0.5) is 17.2 Å². The first-order chi connectivity index (χ1) is 16.7. The second-order valence-corrected chi connectivity index (χ2v) is 11.5. The predicted octanol–water partition coefficient (Wildman–Crippen LogP) is 2.37. The zero-order valence-corrected chi connectivity index (χ0v) is 20.6. The fourth-order valence-corrected chi connectivity index (χ4v) is 6.25. The number of nitrogen functional groups attached to an aromatic ring is 1. The zero-order chi connectivity index (χ0) is 25.1. The minimum atomic E-state index is -3.76. The Kier molecular flexibility index (Phi) is 6.98. The van der Waals surface area contributed by atoms with Crippen LogP contribution in [0.25, 0.3) is 0 Å². The minimum Gasteiger partial charge on any atom is -0.384 e. The molecule has 0 spiro atoms. The summed E-state index contributed by atoms with van der Waals surface area (Å²) >= 11 is 0. The summed E-state index contributed by atoms with van der Waals surface area (Å²) in [7, 11) is -7.50. The predicted molar refractivity (Wildman–Crippen MR) is 136 cm³/mol. The van der Waals surface area contributed by atoms with Gasteiger partial charge in [0.25, 0.3) is 10.0 Å². The molecule has 0 saturated carbocycles. The highest BCUT2D eigenvalue weighted by Gasteiger charge is 2.34. The number of rotatable bonds is 6. The Morgan fingerprint density at radius 3 is 2.26 bits per heavy atom. The number of nitrogens with zero attached hydrogens (tertiary/aromatic N) is 3. The average molecular weight is 512 g/mol. The third kappa shape index (κ3) is 5.40. The van der Waals surface area contributed by atoms with Crippen LogP contribution in [0.2, 0.25) is 0 Å². The summed E-state index contributed by atoms with van der Waals surface area (Å²) in [4.78, 5) is 6.07. The van der Waals surface area contributed by atoms with E-state index in [-0.39, 0.29) is 28.7 Å². The van der Waals surface area contributed by atoms with Gasteiger partial charge in [-0.2, -0.15) is 4.31 Å². The molecule has 0 bridgehead atoms. The van der Waals surface area contributed by atoms with E-state index in [4.69, 9.17) is 5.73 Å². The number of anilines is 3. The fourth-order valence-electron chi connectivity index (χ4n) is 3.81. The van der Waals surface area contributed by atoms with Crippen molar-refractivity contribution in [2.75, 3.05) is 35.0 Å². The minimum absolute atomic E-state index is 0.0730. The topological polar surface area (TPSA) is 126 Å². The SMILES string of the molecule is CC#C[C@H]1CN(S(=O)(=O)c2ccc(N)nc2)CCN1c1ccc(S(=O)(=O)Nc2ccccc2)cc1. The summed E-state index contributed by atoms with van der Waals surface area (Å²) in [5, 5.41) is 0. The Bertz CT molecular complexity index is 1450. The van der Waals surface area contributed by atoms with Crippen molar-refractivity contribution in [2.45, 2.75) is 22.8 Å². The van der Waals surface area contributed by atoms with Crippen LogP contribution in [0.15, 0.2) is 82.7 Å². The molecule has 35 heavy (non-hydrogen) atoms. The molecular formula is C24H25N5O4S2. The maximum atomic E-state index is 13.1. The molecule has 0 aliphatic carbocycles. The van der Waals surface area contributed by atoms with Crippen molar-refractivity contribution >= 4 is 37.2 Å². The van der Waals surface area contributed by atoms with Crippen molar-refractivity contribution in [3.8, 4) is 11.8 Å². The lowest BCUT2D eigenvalue weighted by Crippen LogP contribution is -2.54. The number of piperazine rings is 1. The quantitative estimate of drug-likeness (QED) is 0.487. The van der Waals surface area contributed by atoms with Gasteiger partial charge in [-0.25, -0.2) is 21.8 Å². The Balaban J connectivity index is 1.53. The summed E-state index contributed by atoms with van der Waals surface area (Å²) < 4.78 is 55.6. The van der Waals surface area contributed by atoms with Gasteiger partial charge in [0.15, 0.2) is 0 Å². The number of hydrogen-bond donors (Lipinski definition) is 2. The Morgan fingerprint density at radius 1 is 0.943 bits per heavy atom. The van der Waals surface area contributed by atoms with Crippen molar-refractivity contribution in [3.63, 3.8) is 0 Å². The van der Waals surface area contributed by atoms with Crippen molar-refractivity contribution in [2.24, 2.45) is 0 Å². The summed E-state index contributed by atoms with van der Waals surface area (Å²) in [5.74, 6) is 6.19.